The van der Waals surface area contributed by atoms with Gasteiger partial charge in [0, 0.05) is 18.9 Å². The normalized spacial score (nSPS) is 10.3. The number of aromatic nitrogens is 3. The molecule has 0 atom stereocenters. The van der Waals surface area contributed by atoms with Crippen LogP contribution < -0.4 is 11.1 Å². The van der Waals surface area contributed by atoms with E-state index in [9.17, 15) is 4.79 Å². The maximum Gasteiger partial charge on any atom is 0.278 e. The highest BCUT2D eigenvalue weighted by atomic mass is 16.2. The van der Waals surface area contributed by atoms with Crippen LogP contribution in [0, 0.1) is 6.92 Å². The molecule has 0 aliphatic rings. The highest BCUT2D eigenvalue weighted by molar-refractivity contribution is 6.06. The van der Waals surface area contributed by atoms with Gasteiger partial charge in [0.05, 0.1) is 17.1 Å². The summed E-state index contributed by atoms with van der Waals surface area (Å²) in [5.74, 6) is -0.323. The smallest absolute Gasteiger partial charge is 0.278 e. The van der Waals surface area contributed by atoms with Gasteiger partial charge in [-0.05, 0) is 26.0 Å². The molecule has 0 radical (unpaired) electrons. The second-order valence-electron chi connectivity index (χ2n) is 3.88. The lowest BCUT2D eigenvalue weighted by atomic mass is 10.3. The van der Waals surface area contributed by atoms with E-state index in [0.717, 1.165) is 5.69 Å². The zero-order valence-corrected chi connectivity index (χ0v) is 10.3. The van der Waals surface area contributed by atoms with Crippen LogP contribution in [-0.2, 0) is 6.54 Å². The number of nitrogens with two attached hydrogens (primary N) is 1. The molecule has 0 fully saturated rings. The first-order chi connectivity index (χ1) is 8.61. The summed E-state index contributed by atoms with van der Waals surface area (Å²) < 4.78 is 1.63. The topological polar surface area (TPSA) is 85.8 Å². The Kier molecular flexibility index (Phi) is 3.27. The Balaban J connectivity index is 2.22. The fourth-order valence-corrected chi connectivity index (χ4v) is 1.57. The average Bonchev–Trinajstić information content (AvgIpc) is 2.73. The molecule has 2 rings (SSSR count). The Morgan fingerprint density at radius 1 is 1.56 bits per heavy atom. The molecular formula is C12H15N5O. The van der Waals surface area contributed by atoms with Crippen molar-refractivity contribution in [3.8, 4) is 0 Å². The molecule has 0 unspecified atom stereocenters. The Labute approximate surface area is 105 Å². The van der Waals surface area contributed by atoms with Crippen molar-refractivity contribution >= 4 is 17.3 Å². The molecule has 94 valence electrons. The molecular weight excluding hydrogens is 230 g/mol. The van der Waals surface area contributed by atoms with Gasteiger partial charge in [0.15, 0.2) is 5.69 Å². The van der Waals surface area contributed by atoms with Crippen LogP contribution in [-0.4, -0.2) is 20.7 Å². The Morgan fingerprint density at radius 3 is 2.94 bits per heavy atom. The van der Waals surface area contributed by atoms with Gasteiger partial charge in [0.1, 0.15) is 0 Å². The quantitative estimate of drug-likeness (QED) is 0.856. The van der Waals surface area contributed by atoms with E-state index in [1.165, 1.54) is 0 Å². The highest BCUT2D eigenvalue weighted by Gasteiger charge is 2.15. The molecule has 18 heavy (non-hydrogen) atoms. The summed E-state index contributed by atoms with van der Waals surface area (Å²) in [5.41, 5.74) is 7.77. The molecule has 2 aromatic rings. The van der Waals surface area contributed by atoms with Gasteiger partial charge < -0.3 is 11.1 Å². The Bertz CT molecular complexity index is 576. The van der Waals surface area contributed by atoms with Crippen LogP contribution in [0.1, 0.15) is 23.1 Å². The van der Waals surface area contributed by atoms with Crippen molar-refractivity contribution in [2.45, 2.75) is 20.4 Å². The first-order valence-electron chi connectivity index (χ1n) is 5.67. The van der Waals surface area contributed by atoms with Crippen molar-refractivity contribution in [3.63, 3.8) is 0 Å². The number of nitrogens with zero attached hydrogens (tertiary/aromatic N) is 3. The first-order valence-corrected chi connectivity index (χ1v) is 5.67. The van der Waals surface area contributed by atoms with Crippen LogP contribution in [0.25, 0.3) is 0 Å². The third kappa shape index (κ3) is 2.32. The van der Waals surface area contributed by atoms with Crippen molar-refractivity contribution in [3.05, 3.63) is 35.9 Å². The zero-order valence-electron chi connectivity index (χ0n) is 10.3. The number of pyridine rings is 1. The SMILES string of the molecule is CCn1cc(N)c(C(=O)Nc2cccnc2C)n1. The number of rotatable bonds is 3. The van der Waals surface area contributed by atoms with E-state index < -0.39 is 0 Å². The predicted molar refractivity (Wildman–Crippen MR) is 69.2 cm³/mol. The molecule has 0 spiro atoms. The molecule has 2 heterocycles. The molecule has 2 aromatic heterocycles. The summed E-state index contributed by atoms with van der Waals surface area (Å²) >= 11 is 0. The van der Waals surface area contributed by atoms with Crippen molar-refractivity contribution < 1.29 is 4.79 Å². The minimum Gasteiger partial charge on any atom is -0.396 e. The maximum absolute atomic E-state index is 12.0. The third-order valence-electron chi connectivity index (χ3n) is 2.58. The number of carbonyl (C=O) groups is 1. The van der Waals surface area contributed by atoms with Gasteiger partial charge in [-0.25, -0.2) is 0 Å². The molecule has 0 bridgehead atoms. The minimum atomic E-state index is -0.323. The lowest BCUT2D eigenvalue weighted by Crippen LogP contribution is -2.15. The van der Waals surface area contributed by atoms with Crippen LogP contribution >= 0.6 is 0 Å². The highest BCUT2D eigenvalue weighted by Crippen LogP contribution is 2.15. The second kappa shape index (κ2) is 4.87. The number of hydrogen-bond donors (Lipinski definition) is 2. The number of nitrogens with one attached hydrogen (secondary N) is 1. The van der Waals surface area contributed by atoms with Gasteiger partial charge in [-0.15, -0.1) is 0 Å². The van der Waals surface area contributed by atoms with Crippen LogP contribution in [0.4, 0.5) is 11.4 Å². The zero-order chi connectivity index (χ0) is 13.1. The fourth-order valence-electron chi connectivity index (χ4n) is 1.57. The third-order valence-corrected chi connectivity index (χ3v) is 2.58. The molecule has 0 saturated carbocycles. The molecule has 0 aliphatic carbocycles. The van der Waals surface area contributed by atoms with E-state index in [4.69, 9.17) is 5.73 Å². The molecule has 6 nitrogen and oxygen atoms in total. The molecule has 3 N–H and O–H groups in total. The van der Waals surface area contributed by atoms with Crippen LogP contribution in [0.3, 0.4) is 0 Å². The average molecular weight is 245 g/mol. The number of carbonyl (C=O) groups excluding carboxylic acids is 1. The molecule has 6 heteroatoms. The van der Waals surface area contributed by atoms with Crippen molar-refractivity contribution in [1.29, 1.82) is 0 Å². The largest absolute Gasteiger partial charge is 0.396 e. The van der Waals surface area contributed by atoms with Crippen LogP contribution in [0.15, 0.2) is 24.5 Å². The van der Waals surface area contributed by atoms with E-state index in [1.54, 1.807) is 29.2 Å². The molecule has 0 aromatic carbocycles. The van der Waals surface area contributed by atoms with Gasteiger partial charge in [-0.1, -0.05) is 0 Å². The first kappa shape index (κ1) is 12.1. The number of nitrogen functional groups attached to an aromatic ring is 1. The van der Waals surface area contributed by atoms with E-state index in [2.05, 4.69) is 15.4 Å². The summed E-state index contributed by atoms with van der Waals surface area (Å²) in [6, 6.07) is 3.55. The van der Waals surface area contributed by atoms with Crippen LogP contribution in [0.2, 0.25) is 0 Å². The summed E-state index contributed by atoms with van der Waals surface area (Å²) in [6.07, 6.45) is 3.32. The van der Waals surface area contributed by atoms with E-state index in [-0.39, 0.29) is 11.6 Å². The number of amides is 1. The summed E-state index contributed by atoms with van der Waals surface area (Å²) in [5, 5.41) is 6.86. The number of aryl methyl sites for hydroxylation is 2. The van der Waals surface area contributed by atoms with Crippen molar-refractivity contribution in [2.75, 3.05) is 11.1 Å². The molecule has 0 aliphatic heterocycles. The maximum atomic E-state index is 12.0. The summed E-state index contributed by atoms with van der Waals surface area (Å²) in [6.45, 7) is 4.42. The van der Waals surface area contributed by atoms with E-state index >= 15 is 0 Å². The van der Waals surface area contributed by atoms with Gasteiger partial charge >= 0.3 is 0 Å². The lowest BCUT2D eigenvalue weighted by Gasteiger charge is -2.05. The molecule has 0 saturated heterocycles. The van der Waals surface area contributed by atoms with Crippen LogP contribution in [0.5, 0.6) is 0 Å². The Morgan fingerprint density at radius 2 is 2.33 bits per heavy atom. The summed E-state index contributed by atoms with van der Waals surface area (Å²) in [4.78, 5) is 16.1. The minimum absolute atomic E-state index is 0.236. The van der Waals surface area contributed by atoms with Gasteiger partial charge in [-0.3, -0.25) is 14.5 Å². The predicted octanol–water partition coefficient (Wildman–Crippen LogP) is 1.44. The Hall–Kier alpha value is -2.37. The van der Waals surface area contributed by atoms with Crippen molar-refractivity contribution in [1.82, 2.24) is 14.8 Å². The van der Waals surface area contributed by atoms with Gasteiger partial charge in [0.2, 0.25) is 0 Å². The second-order valence-corrected chi connectivity index (χ2v) is 3.88. The monoisotopic (exact) mass is 245 g/mol. The van der Waals surface area contributed by atoms with Crippen molar-refractivity contribution in [2.24, 2.45) is 0 Å². The fraction of sp³-hybridized carbons (Fsp3) is 0.250. The van der Waals surface area contributed by atoms with Gasteiger partial charge in [-0.2, -0.15) is 5.10 Å². The van der Waals surface area contributed by atoms with E-state index in [0.29, 0.717) is 17.9 Å². The van der Waals surface area contributed by atoms with Gasteiger partial charge in [0.25, 0.3) is 5.91 Å². The summed E-state index contributed by atoms with van der Waals surface area (Å²) in [7, 11) is 0. The number of hydrogen-bond acceptors (Lipinski definition) is 4. The number of anilines is 2. The standard InChI is InChI=1S/C12H15N5O/c1-3-17-7-9(13)11(16-17)12(18)15-10-5-4-6-14-8(10)2/h4-7H,3,13H2,1-2H3,(H,15,18). The lowest BCUT2D eigenvalue weighted by molar-refractivity contribution is 0.102. The van der Waals surface area contributed by atoms with E-state index in [1.807, 2.05) is 13.8 Å². The molecule has 1 amide bonds.